The molecule has 0 saturated heterocycles. The summed E-state index contributed by atoms with van der Waals surface area (Å²) in [5.41, 5.74) is 3.44. The number of carbonyl (C=O) groups excluding carboxylic acids is 1. The largest absolute Gasteiger partial charge is 0.496 e. The summed E-state index contributed by atoms with van der Waals surface area (Å²) in [6.07, 6.45) is 2.61. The summed E-state index contributed by atoms with van der Waals surface area (Å²) in [5, 5.41) is 0. The van der Waals surface area contributed by atoms with Crippen LogP contribution in [0, 0.1) is 6.92 Å². The zero-order valence-corrected chi connectivity index (χ0v) is 15.5. The molecular weight excluding hydrogens is 314 g/mol. The van der Waals surface area contributed by atoms with Gasteiger partial charge in [0.25, 0.3) is 0 Å². The van der Waals surface area contributed by atoms with Crippen LogP contribution in [0.3, 0.4) is 0 Å². The van der Waals surface area contributed by atoms with Gasteiger partial charge < -0.3 is 9.47 Å². The average Bonchev–Trinajstić information content (AvgIpc) is 3.38. The Bertz CT molecular complexity index is 782. The first-order chi connectivity index (χ1) is 11.9. The van der Waals surface area contributed by atoms with Crippen LogP contribution in [0.5, 0.6) is 5.75 Å². The van der Waals surface area contributed by atoms with Gasteiger partial charge in [0.15, 0.2) is 0 Å². The van der Waals surface area contributed by atoms with E-state index in [4.69, 9.17) is 9.47 Å². The lowest BCUT2D eigenvalue weighted by atomic mass is 9.89. The van der Waals surface area contributed by atoms with Crippen molar-refractivity contribution in [3.05, 3.63) is 58.9 Å². The van der Waals surface area contributed by atoms with Gasteiger partial charge in [-0.05, 0) is 37.0 Å². The summed E-state index contributed by atoms with van der Waals surface area (Å²) in [6.45, 7) is 6.26. The Morgan fingerprint density at radius 3 is 2.56 bits per heavy atom. The molecule has 0 unspecified atom stereocenters. The molecule has 3 rings (SSSR count). The first kappa shape index (κ1) is 17.5. The zero-order valence-electron chi connectivity index (χ0n) is 15.5. The molecule has 0 spiro atoms. The van der Waals surface area contributed by atoms with Crippen molar-refractivity contribution in [2.24, 2.45) is 0 Å². The van der Waals surface area contributed by atoms with Crippen LogP contribution in [0.4, 0.5) is 0 Å². The van der Waals surface area contributed by atoms with E-state index in [9.17, 15) is 4.79 Å². The summed E-state index contributed by atoms with van der Waals surface area (Å²) in [6, 6.07) is 10.1. The minimum absolute atomic E-state index is 0.0596. The van der Waals surface area contributed by atoms with Gasteiger partial charge in [0.05, 0.1) is 14.2 Å². The molecular formula is C21H25NO3. The van der Waals surface area contributed by atoms with Crippen LogP contribution in [0.15, 0.2) is 36.5 Å². The quantitative estimate of drug-likeness (QED) is 0.769. The Morgan fingerprint density at radius 1 is 1.24 bits per heavy atom. The maximum atomic E-state index is 12.7. The fourth-order valence-electron chi connectivity index (χ4n) is 3.62. The molecule has 1 aliphatic carbocycles. The van der Waals surface area contributed by atoms with Crippen molar-refractivity contribution < 1.29 is 14.3 Å². The molecule has 0 amide bonds. The Labute approximate surface area is 149 Å². The van der Waals surface area contributed by atoms with Crippen molar-refractivity contribution in [1.29, 1.82) is 0 Å². The maximum Gasteiger partial charge on any atom is 0.317 e. The number of aryl methyl sites for hydroxylation is 1. The lowest BCUT2D eigenvalue weighted by molar-refractivity contribution is -0.143. The monoisotopic (exact) mass is 339 g/mol. The van der Waals surface area contributed by atoms with Crippen LogP contribution < -0.4 is 4.74 Å². The molecule has 25 heavy (non-hydrogen) atoms. The van der Waals surface area contributed by atoms with E-state index >= 15 is 0 Å². The van der Waals surface area contributed by atoms with Crippen LogP contribution in [-0.4, -0.2) is 25.2 Å². The summed E-state index contributed by atoms with van der Waals surface area (Å²) < 4.78 is 10.7. The molecule has 1 fully saturated rings. The standard InChI is InChI=1S/C21H25NO3/c1-13(2)18-8-7-15(12-22-18)17-11-21(17,20(23)25-5)16-10-14(3)6-9-19(16)24-4/h6-10,12-13,17H,11H2,1-5H3/t17-,21-/m1/s1. The second-order valence-corrected chi connectivity index (χ2v) is 7.09. The number of aromatic nitrogens is 1. The Morgan fingerprint density at radius 2 is 2.00 bits per heavy atom. The highest BCUT2D eigenvalue weighted by Crippen LogP contribution is 2.63. The molecule has 1 aromatic carbocycles. The summed E-state index contributed by atoms with van der Waals surface area (Å²) in [4.78, 5) is 17.3. The van der Waals surface area contributed by atoms with E-state index in [0.29, 0.717) is 12.3 Å². The molecule has 0 radical (unpaired) electrons. The number of ether oxygens (including phenoxy) is 2. The van der Waals surface area contributed by atoms with Crippen molar-refractivity contribution in [2.75, 3.05) is 14.2 Å². The van der Waals surface area contributed by atoms with Gasteiger partial charge in [0, 0.05) is 23.4 Å². The smallest absolute Gasteiger partial charge is 0.317 e. The Kier molecular flexibility index (Phi) is 4.55. The first-order valence-electron chi connectivity index (χ1n) is 8.63. The van der Waals surface area contributed by atoms with Gasteiger partial charge >= 0.3 is 5.97 Å². The van der Waals surface area contributed by atoms with E-state index in [1.807, 2.05) is 37.4 Å². The van der Waals surface area contributed by atoms with Crippen molar-refractivity contribution in [3.63, 3.8) is 0 Å². The fraction of sp³-hybridized carbons (Fsp3) is 0.429. The normalized spacial score (nSPS) is 21.9. The molecule has 2 aromatic rings. The lowest BCUT2D eigenvalue weighted by Gasteiger charge is -2.19. The van der Waals surface area contributed by atoms with Gasteiger partial charge in [0.2, 0.25) is 0 Å². The fourth-order valence-corrected chi connectivity index (χ4v) is 3.62. The number of methoxy groups -OCH3 is 2. The third-order valence-corrected chi connectivity index (χ3v) is 5.15. The van der Waals surface area contributed by atoms with E-state index in [-0.39, 0.29) is 11.9 Å². The second-order valence-electron chi connectivity index (χ2n) is 7.09. The predicted octanol–water partition coefficient (Wildman–Crippen LogP) is 4.12. The van der Waals surface area contributed by atoms with Crippen molar-refractivity contribution >= 4 is 5.97 Å². The maximum absolute atomic E-state index is 12.7. The van der Waals surface area contributed by atoms with Crippen LogP contribution in [0.1, 0.15) is 54.5 Å². The van der Waals surface area contributed by atoms with Crippen molar-refractivity contribution in [3.8, 4) is 5.75 Å². The van der Waals surface area contributed by atoms with E-state index in [1.54, 1.807) is 7.11 Å². The number of benzene rings is 1. The van der Waals surface area contributed by atoms with Gasteiger partial charge in [-0.2, -0.15) is 0 Å². The average molecular weight is 339 g/mol. The van der Waals surface area contributed by atoms with Crippen molar-refractivity contribution in [1.82, 2.24) is 4.98 Å². The molecule has 1 aromatic heterocycles. The predicted molar refractivity (Wildman–Crippen MR) is 97.1 cm³/mol. The zero-order chi connectivity index (χ0) is 18.2. The highest BCUT2D eigenvalue weighted by Gasteiger charge is 2.64. The Hall–Kier alpha value is -2.36. The van der Waals surface area contributed by atoms with Crippen LogP contribution in [0.25, 0.3) is 0 Å². The molecule has 4 nitrogen and oxygen atoms in total. The van der Waals surface area contributed by atoms with E-state index in [2.05, 4.69) is 24.9 Å². The minimum atomic E-state index is -0.687. The van der Waals surface area contributed by atoms with Crippen molar-refractivity contribution in [2.45, 2.75) is 44.4 Å². The van der Waals surface area contributed by atoms with E-state index in [1.165, 1.54) is 7.11 Å². The number of esters is 1. The molecule has 1 heterocycles. The minimum Gasteiger partial charge on any atom is -0.496 e. The molecule has 4 heteroatoms. The number of hydrogen-bond donors (Lipinski definition) is 0. The highest BCUT2D eigenvalue weighted by molar-refractivity contribution is 5.90. The molecule has 1 saturated carbocycles. The Balaban J connectivity index is 2.04. The molecule has 0 N–H and O–H groups in total. The molecule has 2 atom stereocenters. The van der Waals surface area contributed by atoms with Gasteiger partial charge in [-0.1, -0.05) is 37.6 Å². The SMILES string of the molecule is COC(=O)[C@@]1(c2cc(C)ccc2OC)C[C@@H]1c1ccc(C(C)C)nc1. The molecule has 0 aliphatic heterocycles. The molecule has 1 aliphatic rings. The second kappa shape index (κ2) is 6.51. The summed E-state index contributed by atoms with van der Waals surface area (Å²) in [5.74, 6) is 0.958. The van der Waals surface area contributed by atoms with E-state index < -0.39 is 5.41 Å². The number of nitrogens with zero attached hydrogens (tertiary/aromatic N) is 1. The topological polar surface area (TPSA) is 48.4 Å². The first-order valence-corrected chi connectivity index (χ1v) is 8.63. The lowest BCUT2D eigenvalue weighted by Crippen LogP contribution is -2.25. The van der Waals surface area contributed by atoms with Gasteiger partial charge in [-0.25, -0.2) is 0 Å². The third kappa shape index (κ3) is 2.90. The van der Waals surface area contributed by atoms with Gasteiger partial charge in [0.1, 0.15) is 11.2 Å². The van der Waals surface area contributed by atoms with Crippen LogP contribution >= 0.6 is 0 Å². The van der Waals surface area contributed by atoms with Crippen LogP contribution in [0.2, 0.25) is 0 Å². The summed E-state index contributed by atoms with van der Waals surface area (Å²) >= 11 is 0. The van der Waals surface area contributed by atoms with Crippen LogP contribution in [-0.2, 0) is 14.9 Å². The summed E-state index contributed by atoms with van der Waals surface area (Å²) in [7, 11) is 3.08. The van der Waals surface area contributed by atoms with Gasteiger partial charge in [-0.3, -0.25) is 9.78 Å². The highest BCUT2D eigenvalue weighted by atomic mass is 16.5. The number of pyridine rings is 1. The number of rotatable bonds is 5. The van der Waals surface area contributed by atoms with Gasteiger partial charge in [-0.15, -0.1) is 0 Å². The third-order valence-electron chi connectivity index (χ3n) is 5.15. The molecule has 0 bridgehead atoms. The number of carbonyl (C=O) groups is 1. The molecule has 132 valence electrons. The van der Waals surface area contributed by atoms with E-state index in [0.717, 1.165) is 28.1 Å². The number of hydrogen-bond acceptors (Lipinski definition) is 4.